The van der Waals surface area contributed by atoms with Crippen molar-refractivity contribution >= 4 is 41.5 Å². The number of amides is 6. The van der Waals surface area contributed by atoms with Gasteiger partial charge in [-0.05, 0) is 81.3 Å². The number of fused-ring (bicyclic) bond motifs is 1. The highest BCUT2D eigenvalue weighted by Crippen LogP contribution is 2.36. The van der Waals surface area contributed by atoms with Crippen molar-refractivity contribution in [1.82, 2.24) is 25.8 Å². The SMILES string of the molecule is C[C@@H](C(=O)N[C@H](C(=O)N1Cc2ccccc2[C@H]1C(=O)Nc1cc(C(=O)NCCNC(=O)OCc2ccccc2)ccc1F)C1CCOCC1)N(C)C(=O)OC(C)(C)C. The van der Waals surface area contributed by atoms with Crippen LogP contribution in [0.3, 0.4) is 0 Å². The standard InChI is InChI=1S/C42H51FN6O9/c1-26(48(5)41(55)58-42(2,3)4)36(50)47-34(28-17-21-56-22-18-28)39(53)49-24-30-13-9-10-14-31(30)35(49)38(52)46-33-23-29(15-16-32(33)43)37(51)44-19-20-45-40(54)57-25-27-11-7-6-8-12-27/h6-16,23,26,28,34-35H,17-22,24-25H2,1-5H3,(H,44,51)(H,45,54)(H,46,52)(H,47,50)/t26-,34-,35-/m0/s1. The van der Waals surface area contributed by atoms with Gasteiger partial charge in [0.25, 0.3) is 11.8 Å². The molecular weight excluding hydrogens is 751 g/mol. The Bertz CT molecular complexity index is 1970. The molecule has 0 aromatic heterocycles. The fourth-order valence-corrected chi connectivity index (χ4v) is 6.61. The van der Waals surface area contributed by atoms with E-state index in [1.54, 1.807) is 45.0 Å². The minimum atomic E-state index is -1.21. The lowest BCUT2D eigenvalue weighted by Gasteiger charge is -2.36. The topological polar surface area (TPSA) is 185 Å². The van der Waals surface area contributed by atoms with Gasteiger partial charge in [-0.15, -0.1) is 0 Å². The quantitative estimate of drug-likeness (QED) is 0.179. The lowest BCUT2D eigenvalue weighted by molar-refractivity contribution is -0.144. The highest BCUT2D eigenvalue weighted by molar-refractivity contribution is 6.02. The summed E-state index contributed by atoms with van der Waals surface area (Å²) < 4.78 is 31.4. The van der Waals surface area contributed by atoms with Gasteiger partial charge in [0.2, 0.25) is 11.8 Å². The third kappa shape index (κ3) is 11.3. The first-order chi connectivity index (χ1) is 27.6. The van der Waals surface area contributed by atoms with Crippen molar-refractivity contribution < 1.29 is 47.4 Å². The second-order valence-electron chi connectivity index (χ2n) is 15.2. The summed E-state index contributed by atoms with van der Waals surface area (Å²) in [6, 6.07) is 16.3. The monoisotopic (exact) mass is 802 g/mol. The number of carbonyl (C=O) groups is 6. The van der Waals surface area contributed by atoms with Crippen molar-refractivity contribution in [3.8, 4) is 0 Å². The molecular formula is C42H51FN6O9. The van der Waals surface area contributed by atoms with Crippen LogP contribution in [0.15, 0.2) is 72.8 Å². The van der Waals surface area contributed by atoms with E-state index >= 15 is 4.39 Å². The molecule has 1 saturated heterocycles. The van der Waals surface area contributed by atoms with Gasteiger partial charge in [-0.25, -0.2) is 14.0 Å². The number of anilines is 1. The predicted molar refractivity (Wildman–Crippen MR) is 211 cm³/mol. The predicted octanol–water partition coefficient (Wildman–Crippen LogP) is 4.67. The highest BCUT2D eigenvalue weighted by Gasteiger charge is 2.44. The maximum Gasteiger partial charge on any atom is 0.410 e. The Labute approximate surface area is 336 Å². The number of halogens is 1. The molecule has 0 saturated carbocycles. The second kappa shape index (κ2) is 19.4. The minimum Gasteiger partial charge on any atom is -0.445 e. The van der Waals surface area contributed by atoms with Gasteiger partial charge >= 0.3 is 12.2 Å². The summed E-state index contributed by atoms with van der Waals surface area (Å²) in [5.41, 5.74) is 0.991. The second-order valence-corrected chi connectivity index (χ2v) is 15.2. The first kappa shape index (κ1) is 43.1. The number of carbonyl (C=O) groups excluding carboxylic acids is 6. The van der Waals surface area contributed by atoms with E-state index in [1.165, 1.54) is 31.0 Å². The molecule has 16 heteroatoms. The summed E-state index contributed by atoms with van der Waals surface area (Å²) in [4.78, 5) is 82.8. The molecule has 3 aromatic carbocycles. The summed E-state index contributed by atoms with van der Waals surface area (Å²) in [7, 11) is 1.43. The molecule has 0 spiro atoms. The van der Waals surface area contributed by atoms with Crippen molar-refractivity contribution in [2.24, 2.45) is 5.92 Å². The van der Waals surface area contributed by atoms with Crippen LogP contribution < -0.4 is 21.3 Å². The highest BCUT2D eigenvalue weighted by atomic mass is 19.1. The maximum atomic E-state index is 15.2. The molecule has 1 fully saturated rings. The van der Waals surface area contributed by atoms with Crippen molar-refractivity contribution in [2.75, 3.05) is 38.7 Å². The van der Waals surface area contributed by atoms with Crippen LogP contribution in [-0.4, -0.2) is 96.7 Å². The van der Waals surface area contributed by atoms with Crippen LogP contribution in [0.5, 0.6) is 0 Å². The molecule has 0 radical (unpaired) electrons. The van der Waals surface area contributed by atoms with E-state index in [9.17, 15) is 28.8 Å². The average Bonchev–Trinajstić information content (AvgIpc) is 3.60. The Morgan fingerprint density at radius 3 is 2.31 bits per heavy atom. The fraction of sp³-hybridized carbons (Fsp3) is 0.429. The van der Waals surface area contributed by atoms with Crippen LogP contribution >= 0.6 is 0 Å². The third-order valence-electron chi connectivity index (χ3n) is 9.86. The van der Waals surface area contributed by atoms with E-state index in [0.717, 1.165) is 16.5 Å². The Kier molecular flexibility index (Phi) is 14.4. The number of hydrogen-bond donors (Lipinski definition) is 4. The summed E-state index contributed by atoms with van der Waals surface area (Å²) in [5, 5.41) is 10.6. The zero-order valence-electron chi connectivity index (χ0n) is 33.3. The number of nitrogens with zero attached hydrogens (tertiary/aromatic N) is 2. The van der Waals surface area contributed by atoms with Crippen LogP contribution in [0.2, 0.25) is 0 Å². The Morgan fingerprint density at radius 2 is 1.60 bits per heavy atom. The van der Waals surface area contributed by atoms with Crippen molar-refractivity contribution in [2.45, 2.75) is 77.4 Å². The molecule has 2 heterocycles. The first-order valence-electron chi connectivity index (χ1n) is 19.2. The molecule has 2 aliphatic rings. The number of benzene rings is 3. The number of likely N-dealkylation sites (N-methyl/N-ethyl adjacent to an activating group) is 1. The first-order valence-corrected chi connectivity index (χ1v) is 19.2. The Hall–Kier alpha value is -6.03. The van der Waals surface area contributed by atoms with Gasteiger partial charge in [-0.1, -0.05) is 54.6 Å². The number of alkyl carbamates (subject to hydrolysis) is 1. The molecule has 6 amide bonds. The molecule has 0 bridgehead atoms. The van der Waals surface area contributed by atoms with Crippen molar-refractivity contribution in [3.63, 3.8) is 0 Å². The van der Waals surface area contributed by atoms with Crippen molar-refractivity contribution in [1.29, 1.82) is 0 Å². The smallest absolute Gasteiger partial charge is 0.410 e. The lowest BCUT2D eigenvalue weighted by Crippen LogP contribution is -2.57. The van der Waals surface area contributed by atoms with Crippen molar-refractivity contribution in [3.05, 3.63) is 101 Å². The van der Waals surface area contributed by atoms with E-state index < -0.39 is 65.4 Å². The lowest BCUT2D eigenvalue weighted by atomic mass is 9.90. The van der Waals surface area contributed by atoms with Gasteiger partial charge in [-0.2, -0.15) is 0 Å². The normalized spacial score (nSPS) is 16.2. The molecule has 0 unspecified atom stereocenters. The van der Waals surface area contributed by atoms with Crippen LogP contribution in [0.4, 0.5) is 19.7 Å². The van der Waals surface area contributed by atoms with E-state index in [1.807, 2.05) is 30.3 Å². The van der Waals surface area contributed by atoms with E-state index in [-0.39, 0.29) is 43.4 Å². The molecule has 0 aliphatic carbocycles. The average molecular weight is 803 g/mol. The van der Waals surface area contributed by atoms with Crippen LogP contribution in [0.1, 0.15) is 73.6 Å². The maximum absolute atomic E-state index is 15.2. The minimum absolute atomic E-state index is 0.0365. The van der Waals surface area contributed by atoms with Gasteiger partial charge < -0.3 is 40.4 Å². The fourth-order valence-electron chi connectivity index (χ4n) is 6.61. The van der Waals surface area contributed by atoms with Gasteiger partial charge in [0.05, 0.1) is 5.69 Å². The molecule has 5 rings (SSSR count). The number of nitrogens with one attached hydrogen (secondary N) is 4. The third-order valence-corrected chi connectivity index (χ3v) is 9.86. The van der Waals surface area contributed by atoms with E-state index in [0.29, 0.717) is 37.2 Å². The molecule has 3 aromatic rings. The molecule has 58 heavy (non-hydrogen) atoms. The van der Waals surface area contributed by atoms with Gasteiger partial charge in [0, 0.05) is 45.5 Å². The van der Waals surface area contributed by atoms with Crippen LogP contribution in [-0.2, 0) is 41.7 Å². The van der Waals surface area contributed by atoms with Crippen LogP contribution in [0.25, 0.3) is 0 Å². The van der Waals surface area contributed by atoms with Gasteiger partial charge in [0.1, 0.15) is 36.2 Å². The molecule has 3 atom stereocenters. The summed E-state index contributed by atoms with van der Waals surface area (Å²) >= 11 is 0. The molecule has 4 N–H and O–H groups in total. The molecule has 15 nitrogen and oxygen atoms in total. The zero-order valence-corrected chi connectivity index (χ0v) is 33.3. The van der Waals surface area contributed by atoms with E-state index in [2.05, 4.69) is 21.3 Å². The largest absolute Gasteiger partial charge is 0.445 e. The Morgan fingerprint density at radius 1 is 0.931 bits per heavy atom. The summed E-state index contributed by atoms with van der Waals surface area (Å²) in [5.74, 6) is -3.60. The molecule has 310 valence electrons. The zero-order chi connectivity index (χ0) is 42.0. The van der Waals surface area contributed by atoms with Gasteiger partial charge in [0.15, 0.2) is 0 Å². The van der Waals surface area contributed by atoms with Gasteiger partial charge in [-0.3, -0.25) is 24.1 Å². The summed E-state index contributed by atoms with van der Waals surface area (Å²) in [6.45, 7) is 7.61. The summed E-state index contributed by atoms with van der Waals surface area (Å²) in [6.07, 6.45) is -0.455. The Balaban J connectivity index is 1.27. The number of ether oxygens (including phenoxy) is 3. The number of rotatable bonds is 13. The van der Waals surface area contributed by atoms with Crippen LogP contribution in [0, 0.1) is 11.7 Å². The van der Waals surface area contributed by atoms with E-state index in [4.69, 9.17) is 14.2 Å². The molecule has 2 aliphatic heterocycles. The number of hydrogen-bond acceptors (Lipinski definition) is 9.